The van der Waals surface area contributed by atoms with E-state index >= 15 is 0 Å². The Morgan fingerprint density at radius 1 is 1.35 bits per heavy atom. The molecule has 2 rings (SSSR count). The summed E-state index contributed by atoms with van der Waals surface area (Å²) in [4.78, 5) is 8.65. The first-order valence-corrected chi connectivity index (χ1v) is 6.51. The topological polar surface area (TPSA) is 69.4 Å². The van der Waals surface area contributed by atoms with E-state index < -0.39 is 0 Å². The van der Waals surface area contributed by atoms with Gasteiger partial charge in [-0.2, -0.15) is 4.98 Å². The van der Waals surface area contributed by atoms with Gasteiger partial charge in [-0.1, -0.05) is 6.92 Å². The van der Waals surface area contributed by atoms with Crippen molar-refractivity contribution in [3.8, 4) is 11.8 Å². The molecule has 0 amide bonds. The molecule has 0 aliphatic carbocycles. The lowest BCUT2D eigenvalue weighted by atomic mass is 10.1. The molecule has 1 unspecified atom stereocenters. The number of ether oxygens (including phenoxy) is 2. The monoisotopic (exact) mass is 277 g/mol. The van der Waals surface area contributed by atoms with Crippen LogP contribution in [-0.2, 0) is 0 Å². The summed E-state index contributed by atoms with van der Waals surface area (Å²) >= 11 is 0. The normalized spacial score (nSPS) is 12.2. The highest BCUT2D eigenvalue weighted by Gasteiger charge is 2.23. The Labute approximate surface area is 118 Å². The van der Waals surface area contributed by atoms with Gasteiger partial charge in [-0.15, -0.1) is 0 Å². The quantitative estimate of drug-likeness (QED) is 0.836. The number of hydrogen-bond acceptors (Lipinski definition) is 6. The van der Waals surface area contributed by atoms with Crippen LogP contribution in [0.25, 0.3) is 0 Å². The summed E-state index contributed by atoms with van der Waals surface area (Å²) in [5, 5.41) is 3.38. The summed E-state index contributed by atoms with van der Waals surface area (Å²) < 4.78 is 15.9. The number of furan rings is 1. The lowest BCUT2D eigenvalue weighted by molar-refractivity contribution is 0.347. The van der Waals surface area contributed by atoms with Gasteiger partial charge in [0.1, 0.15) is 17.5 Å². The largest absolute Gasteiger partial charge is 0.480 e. The maximum absolute atomic E-state index is 5.49. The van der Waals surface area contributed by atoms with E-state index in [1.807, 2.05) is 12.1 Å². The molecule has 0 aliphatic rings. The fourth-order valence-corrected chi connectivity index (χ4v) is 1.89. The predicted molar refractivity (Wildman–Crippen MR) is 74.0 cm³/mol. The molecule has 2 heterocycles. The predicted octanol–water partition coefficient (Wildman–Crippen LogP) is 2.18. The van der Waals surface area contributed by atoms with Crippen molar-refractivity contribution in [2.24, 2.45) is 0 Å². The Balaban J connectivity index is 2.37. The van der Waals surface area contributed by atoms with Gasteiger partial charge >= 0.3 is 0 Å². The van der Waals surface area contributed by atoms with Crippen LogP contribution < -0.4 is 14.8 Å². The van der Waals surface area contributed by atoms with Gasteiger partial charge in [0.15, 0.2) is 0 Å². The second kappa shape index (κ2) is 6.91. The van der Waals surface area contributed by atoms with Crippen molar-refractivity contribution in [3.05, 3.63) is 36.0 Å². The zero-order valence-corrected chi connectivity index (χ0v) is 11.9. The fraction of sp³-hybridized carbons (Fsp3) is 0.429. The molecule has 20 heavy (non-hydrogen) atoms. The average Bonchev–Trinajstić information content (AvgIpc) is 3.02. The summed E-state index contributed by atoms with van der Waals surface area (Å²) in [5.41, 5.74) is 0.678. The van der Waals surface area contributed by atoms with Crippen molar-refractivity contribution < 1.29 is 13.9 Å². The van der Waals surface area contributed by atoms with Gasteiger partial charge in [0, 0.05) is 0 Å². The minimum atomic E-state index is -0.196. The Hall–Kier alpha value is -2.08. The first-order valence-electron chi connectivity index (χ1n) is 6.51. The molecule has 0 aliphatic heterocycles. The Kier molecular flexibility index (Phi) is 4.95. The van der Waals surface area contributed by atoms with E-state index in [-0.39, 0.29) is 6.04 Å². The number of nitrogens with zero attached hydrogens (tertiary/aromatic N) is 2. The van der Waals surface area contributed by atoms with Gasteiger partial charge in [-0.05, 0) is 25.1 Å². The molecular weight excluding hydrogens is 258 g/mol. The molecule has 6 nitrogen and oxygen atoms in total. The van der Waals surface area contributed by atoms with Crippen LogP contribution in [0, 0.1) is 0 Å². The Bertz CT molecular complexity index is 528. The summed E-state index contributed by atoms with van der Waals surface area (Å²) in [6, 6.07) is 3.55. The van der Waals surface area contributed by atoms with Gasteiger partial charge in [0.05, 0.1) is 26.7 Å². The molecule has 0 aromatic carbocycles. The van der Waals surface area contributed by atoms with Crippen LogP contribution in [-0.4, -0.2) is 30.7 Å². The second-order valence-electron chi connectivity index (χ2n) is 4.21. The standard InChI is InChI=1S/C14H19N3O3/c1-4-7-15-12(10-6-5-8-20-10)13-14(19-3)17-11(18-2)9-16-13/h5-6,8-9,12,15H,4,7H2,1-3H3. The number of aromatic nitrogens is 2. The Morgan fingerprint density at radius 3 is 2.80 bits per heavy atom. The highest BCUT2D eigenvalue weighted by molar-refractivity contribution is 5.30. The summed E-state index contributed by atoms with van der Waals surface area (Å²) in [5.74, 6) is 1.62. The highest BCUT2D eigenvalue weighted by Crippen LogP contribution is 2.28. The van der Waals surface area contributed by atoms with E-state index in [0.717, 1.165) is 18.7 Å². The summed E-state index contributed by atoms with van der Waals surface area (Å²) in [6.45, 7) is 2.94. The van der Waals surface area contributed by atoms with Crippen LogP contribution in [0.5, 0.6) is 11.8 Å². The summed E-state index contributed by atoms with van der Waals surface area (Å²) in [6.07, 6.45) is 4.21. The van der Waals surface area contributed by atoms with Crippen LogP contribution in [0.3, 0.4) is 0 Å². The van der Waals surface area contributed by atoms with Gasteiger partial charge < -0.3 is 19.2 Å². The molecule has 2 aromatic rings. The van der Waals surface area contributed by atoms with Crippen molar-refractivity contribution in [3.63, 3.8) is 0 Å². The number of hydrogen-bond donors (Lipinski definition) is 1. The number of rotatable bonds is 7. The fourth-order valence-electron chi connectivity index (χ4n) is 1.89. The molecule has 2 aromatic heterocycles. The van der Waals surface area contributed by atoms with E-state index in [1.165, 1.54) is 0 Å². The third-order valence-corrected chi connectivity index (χ3v) is 2.85. The van der Waals surface area contributed by atoms with Gasteiger partial charge in [-0.25, -0.2) is 4.98 Å². The zero-order valence-electron chi connectivity index (χ0n) is 11.9. The lowest BCUT2D eigenvalue weighted by Crippen LogP contribution is -2.24. The van der Waals surface area contributed by atoms with Gasteiger partial charge in [0.25, 0.3) is 0 Å². The average molecular weight is 277 g/mol. The minimum absolute atomic E-state index is 0.196. The molecule has 0 saturated heterocycles. The van der Waals surface area contributed by atoms with Crippen molar-refractivity contribution in [1.29, 1.82) is 0 Å². The molecule has 108 valence electrons. The van der Waals surface area contributed by atoms with Crippen LogP contribution in [0.4, 0.5) is 0 Å². The highest BCUT2D eigenvalue weighted by atomic mass is 16.5. The Morgan fingerprint density at radius 2 is 2.20 bits per heavy atom. The second-order valence-corrected chi connectivity index (χ2v) is 4.21. The van der Waals surface area contributed by atoms with Crippen molar-refractivity contribution in [1.82, 2.24) is 15.3 Å². The molecule has 1 N–H and O–H groups in total. The first kappa shape index (κ1) is 14.3. The molecule has 6 heteroatoms. The SMILES string of the molecule is CCCNC(c1ccco1)c1ncc(OC)nc1OC. The van der Waals surface area contributed by atoms with Crippen LogP contribution in [0.1, 0.15) is 30.8 Å². The molecule has 0 fully saturated rings. The molecule has 1 atom stereocenters. The smallest absolute Gasteiger partial charge is 0.240 e. The van der Waals surface area contributed by atoms with E-state index in [2.05, 4.69) is 22.2 Å². The van der Waals surface area contributed by atoms with Crippen molar-refractivity contribution in [2.45, 2.75) is 19.4 Å². The zero-order chi connectivity index (χ0) is 14.4. The van der Waals surface area contributed by atoms with E-state index in [0.29, 0.717) is 17.5 Å². The van der Waals surface area contributed by atoms with E-state index in [9.17, 15) is 0 Å². The maximum Gasteiger partial charge on any atom is 0.240 e. The van der Waals surface area contributed by atoms with Crippen LogP contribution in [0.15, 0.2) is 29.0 Å². The van der Waals surface area contributed by atoms with Gasteiger partial charge in [-0.3, -0.25) is 0 Å². The van der Waals surface area contributed by atoms with E-state index in [1.54, 1.807) is 26.7 Å². The van der Waals surface area contributed by atoms with Gasteiger partial charge in [0.2, 0.25) is 11.8 Å². The van der Waals surface area contributed by atoms with Crippen LogP contribution >= 0.6 is 0 Å². The molecule has 0 saturated carbocycles. The number of methoxy groups -OCH3 is 2. The minimum Gasteiger partial charge on any atom is -0.480 e. The maximum atomic E-state index is 5.49. The lowest BCUT2D eigenvalue weighted by Gasteiger charge is -2.17. The van der Waals surface area contributed by atoms with Crippen LogP contribution in [0.2, 0.25) is 0 Å². The molecular formula is C14H19N3O3. The first-order chi connectivity index (χ1) is 9.80. The van der Waals surface area contributed by atoms with E-state index in [4.69, 9.17) is 13.9 Å². The third kappa shape index (κ3) is 3.08. The number of nitrogens with one attached hydrogen (secondary N) is 1. The van der Waals surface area contributed by atoms with Crippen molar-refractivity contribution >= 4 is 0 Å². The molecule has 0 bridgehead atoms. The van der Waals surface area contributed by atoms with Crippen molar-refractivity contribution in [2.75, 3.05) is 20.8 Å². The third-order valence-electron chi connectivity index (χ3n) is 2.85. The summed E-state index contributed by atoms with van der Waals surface area (Å²) in [7, 11) is 3.11. The molecule has 0 spiro atoms. The molecule has 0 radical (unpaired) electrons.